The SMILES string of the molecule is O=c1cc(CNc2cccc(CO)c2)c2c(ccc3ccccc32)o1. The summed E-state index contributed by atoms with van der Waals surface area (Å²) in [6.07, 6.45) is 0. The van der Waals surface area contributed by atoms with Gasteiger partial charge in [0.25, 0.3) is 0 Å². The molecule has 4 aromatic rings. The first-order valence-electron chi connectivity index (χ1n) is 8.13. The largest absolute Gasteiger partial charge is 0.423 e. The van der Waals surface area contributed by atoms with E-state index in [0.717, 1.165) is 33.0 Å². The van der Waals surface area contributed by atoms with Crippen LogP contribution in [0, 0.1) is 0 Å². The van der Waals surface area contributed by atoms with E-state index in [2.05, 4.69) is 5.32 Å². The minimum atomic E-state index is -0.358. The molecule has 1 aromatic heterocycles. The highest BCUT2D eigenvalue weighted by Crippen LogP contribution is 2.27. The Labute approximate surface area is 144 Å². The van der Waals surface area contributed by atoms with E-state index in [9.17, 15) is 9.90 Å². The first kappa shape index (κ1) is 15.4. The maximum Gasteiger partial charge on any atom is 0.336 e. The molecule has 0 bridgehead atoms. The number of aliphatic hydroxyl groups is 1. The average Bonchev–Trinajstić information content (AvgIpc) is 2.65. The van der Waals surface area contributed by atoms with E-state index in [1.165, 1.54) is 6.07 Å². The molecule has 0 aliphatic rings. The highest BCUT2D eigenvalue weighted by atomic mass is 16.4. The van der Waals surface area contributed by atoms with Crippen LogP contribution in [0.4, 0.5) is 5.69 Å². The Balaban J connectivity index is 1.80. The lowest BCUT2D eigenvalue weighted by atomic mass is 10.0. The van der Waals surface area contributed by atoms with Gasteiger partial charge in [0.05, 0.1) is 6.61 Å². The van der Waals surface area contributed by atoms with Crippen LogP contribution in [-0.4, -0.2) is 5.11 Å². The molecule has 4 rings (SSSR count). The quantitative estimate of drug-likeness (QED) is 0.437. The number of hydrogen-bond donors (Lipinski definition) is 2. The number of aliphatic hydroxyl groups excluding tert-OH is 1. The molecule has 0 saturated heterocycles. The normalized spacial score (nSPS) is 11.1. The third-order valence-electron chi connectivity index (χ3n) is 4.31. The second-order valence-corrected chi connectivity index (χ2v) is 5.96. The summed E-state index contributed by atoms with van der Waals surface area (Å²) in [4.78, 5) is 11.9. The highest BCUT2D eigenvalue weighted by molar-refractivity contribution is 6.07. The van der Waals surface area contributed by atoms with Crippen LogP contribution < -0.4 is 10.9 Å². The van der Waals surface area contributed by atoms with E-state index < -0.39 is 0 Å². The fraction of sp³-hybridized carbons (Fsp3) is 0.0952. The Hall–Kier alpha value is -3.11. The van der Waals surface area contributed by atoms with E-state index in [4.69, 9.17) is 4.42 Å². The molecule has 3 aromatic carbocycles. The van der Waals surface area contributed by atoms with Crippen molar-refractivity contribution in [3.05, 3.63) is 88.3 Å². The standard InChI is InChI=1S/C21H17NO3/c23-13-14-4-3-6-17(10-14)22-12-16-11-20(24)25-19-9-8-15-5-1-2-7-18(15)21(16)19/h1-11,22-23H,12-13H2. The van der Waals surface area contributed by atoms with Crippen molar-refractivity contribution in [3.8, 4) is 0 Å². The second-order valence-electron chi connectivity index (χ2n) is 5.96. The van der Waals surface area contributed by atoms with Gasteiger partial charge in [-0.25, -0.2) is 4.79 Å². The summed E-state index contributed by atoms with van der Waals surface area (Å²) in [7, 11) is 0. The van der Waals surface area contributed by atoms with Crippen LogP contribution >= 0.6 is 0 Å². The second kappa shape index (κ2) is 6.42. The van der Waals surface area contributed by atoms with Gasteiger partial charge >= 0.3 is 5.63 Å². The summed E-state index contributed by atoms with van der Waals surface area (Å²) >= 11 is 0. The maximum atomic E-state index is 11.9. The van der Waals surface area contributed by atoms with Crippen LogP contribution in [0.3, 0.4) is 0 Å². The van der Waals surface area contributed by atoms with Gasteiger partial charge in [-0.05, 0) is 40.1 Å². The predicted molar refractivity (Wildman–Crippen MR) is 99.7 cm³/mol. The Morgan fingerprint density at radius 1 is 0.960 bits per heavy atom. The van der Waals surface area contributed by atoms with Crippen molar-refractivity contribution in [2.24, 2.45) is 0 Å². The molecule has 2 N–H and O–H groups in total. The van der Waals surface area contributed by atoms with Crippen LogP contribution in [0.5, 0.6) is 0 Å². The van der Waals surface area contributed by atoms with E-state index >= 15 is 0 Å². The van der Waals surface area contributed by atoms with Gasteiger partial charge in [0, 0.05) is 23.7 Å². The van der Waals surface area contributed by atoms with Gasteiger partial charge in [0.1, 0.15) is 5.58 Å². The van der Waals surface area contributed by atoms with Crippen molar-refractivity contribution in [2.75, 3.05) is 5.32 Å². The van der Waals surface area contributed by atoms with Crippen molar-refractivity contribution in [1.29, 1.82) is 0 Å². The van der Waals surface area contributed by atoms with Crippen molar-refractivity contribution in [3.63, 3.8) is 0 Å². The Kier molecular flexibility index (Phi) is 3.96. The zero-order valence-corrected chi connectivity index (χ0v) is 13.5. The Morgan fingerprint density at radius 2 is 1.84 bits per heavy atom. The lowest BCUT2D eigenvalue weighted by molar-refractivity contribution is 0.282. The van der Waals surface area contributed by atoms with E-state index in [1.54, 1.807) is 0 Å². The monoisotopic (exact) mass is 331 g/mol. The molecule has 4 nitrogen and oxygen atoms in total. The van der Waals surface area contributed by atoms with Crippen molar-refractivity contribution in [1.82, 2.24) is 0 Å². The molecule has 0 atom stereocenters. The zero-order valence-electron chi connectivity index (χ0n) is 13.5. The number of fused-ring (bicyclic) bond motifs is 3. The number of rotatable bonds is 4. The van der Waals surface area contributed by atoms with Gasteiger partial charge < -0.3 is 14.8 Å². The van der Waals surface area contributed by atoms with Crippen LogP contribution in [0.2, 0.25) is 0 Å². The number of benzene rings is 3. The smallest absolute Gasteiger partial charge is 0.336 e. The molecule has 0 fully saturated rings. The van der Waals surface area contributed by atoms with Crippen LogP contribution in [-0.2, 0) is 13.2 Å². The van der Waals surface area contributed by atoms with Crippen molar-refractivity contribution in [2.45, 2.75) is 13.2 Å². The van der Waals surface area contributed by atoms with E-state index in [1.807, 2.05) is 60.7 Å². The molecule has 0 aliphatic heterocycles. The molecule has 0 amide bonds. The van der Waals surface area contributed by atoms with Gasteiger partial charge in [-0.15, -0.1) is 0 Å². The average molecular weight is 331 g/mol. The molecule has 0 aliphatic carbocycles. The molecule has 0 saturated carbocycles. The summed E-state index contributed by atoms with van der Waals surface area (Å²) in [6.45, 7) is 0.489. The van der Waals surface area contributed by atoms with Crippen LogP contribution in [0.15, 0.2) is 75.9 Å². The molecule has 25 heavy (non-hydrogen) atoms. The van der Waals surface area contributed by atoms with Gasteiger partial charge in [-0.2, -0.15) is 0 Å². The summed E-state index contributed by atoms with van der Waals surface area (Å²) in [5.74, 6) is 0. The first-order chi connectivity index (χ1) is 12.2. The third-order valence-corrected chi connectivity index (χ3v) is 4.31. The van der Waals surface area contributed by atoms with Gasteiger partial charge in [0.15, 0.2) is 0 Å². The van der Waals surface area contributed by atoms with Crippen molar-refractivity contribution >= 4 is 27.4 Å². The number of anilines is 1. The lowest BCUT2D eigenvalue weighted by Crippen LogP contribution is -2.06. The minimum Gasteiger partial charge on any atom is -0.423 e. The first-order valence-corrected chi connectivity index (χ1v) is 8.13. The minimum absolute atomic E-state index is 0.00197. The fourth-order valence-corrected chi connectivity index (χ4v) is 3.14. The van der Waals surface area contributed by atoms with Gasteiger partial charge in [0.2, 0.25) is 0 Å². The molecular formula is C21H17NO3. The predicted octanol–water partition coefficient (Wildman–Crippen LogP) is 4.05. The molecule has 1 heterocycles. The van der Waals surface area contributed by atoms with Crippen molar-refractivity contribution < 1.29 is 9.52 Å². The van der Waals surface area contributed by atoms with Gasteiger partial charge in [-0.3, -0.25) is 0 Å². The molecule has 124 valence electrons. The Morgan fingerprint density at radius 3 is 2.72 bits per heavy atom. The van der Waals surface area contributed by atoms with Crippen LogP contribution in [0.1, 0.15) is 11.1 Å². The molecular weight excluding hydrogens is 314 g/mol. The molecule has 0 spiro atoms. The summed E-state index contributed by atoms with van der Waals surface area (Å²) in [6, 6.07) is 21.0. The van der Waals surface area contributed by atoms with E-state index in [-0.39, 0.29) is 12.2 Å². The summed E-state index contributed by atoms with van der Waals surface area (Å²) in [5.41, 5.74) is 2.86. The fourth-order valence-electron chi connectivity index (χ4n) is 3.14. The third kappa shape index (κ3) is 2.99. The topological polar surface area (TPSA) is 62.5 Å². The molecule has 4 heteroatoms. The maximum absolute atomic E-state index is 11.9. The molecule has 0 radical (unpaired) electrons. The summed E-state index contributed by atoms with van der Waals surface area (Å²) in [5, 5.41) is 15.7. The lowest BCUT2D eigenvalue weighted by Gasteiger charge is -2.11. The highest BCUT2D eigenvalue weighted by Gasteiger charge is 2.09. The molecule has 0 unspecified atom stereocenters. The zero-order chi connectivity index (χ0) is 17.2. The summed E-state index contributed by atoms with van der Waals surface area (Å²) < 4.78 is 5.38. The van der Waals surface area contributed by atoms with E-state index in [0.29, 0.717) is 12.1 Å². The van der Waals surface area contributed by atoms with Crippen LogP contribution in [0.25, 0.3) is 21.7 Å². The number of hydrogen-bond acceptors (Lipinski definition) is 4. The number of nitrogens with one attached hydrogen (secondary N) is 1. The van der Waals surface area contributed by atoms with Gasteiger partial charge in [-0.1, -0.05) is 42.5 Å². The Bertz CT molecular complexity index is 1110.